The Labute approximate surface area is 131 Å². The molecule has 0 radical (unpaired) electrons. The number of aryl methyl sites for hydroxylation is 1. The van der Waals surface area contributed by atoms with Gasteiger partial charge in [-0.25, -0.2) is 12.8 Å². The van der Waals surface area contributed by atoms with Gasteiger partial charge in [0.1, 0.15) is 24.2 Å². The highest BCUT2D eigenvalue weighted by Gasteiger charge is 2.22. The van der Waals surface area contributed by atoms with Gasteiger partial charge in [-0.1, -0.05) is 0 Å². The quantitative estimate of drug-likeness (QED) is 0.774. The van der Waals surface area contributed by atoms with Crippen molar-refractivity contribution in [2.24, 2.45) is 7.05 Å². The summed E-state index contributed by atoms with van der Waals surface area (Å²) in [5, 5.41) is 11.6. The van der Waals surface area contributed by atoms with Crippen molar-refractivity contribution in [3.8, 4) is 5.82 Å². The van der Waals surface area contributed by atoms with E-state index in [2.05, 4.69) is 20.0 Å². The van der Waals surface area contributed by atoms with E-state index in [1.807, 2.05) is 0 Å². The highest BCUT2D eigenvalue weighted by Crippen LogP contribution is 2.26. The third-order valence-corrected chi connectivity index (χ3v) is 4.70. The SMILES string of the molecule is Cc1c(NS(=O)(=O)c2ccc(F)cc2)c(-n2cnnc2)nn1C. The molecule has 2 aromatic heterocycles. The number of hydrogen-bond acceptors (Lipinski definition) is 5. The number of anilines is 1. The van der Waals surface area contributed by atoms with Crippen LogP contribution in [0.1, 0.15) is 5.69 Å². The first-order valence-corrected chi connectivity index (χ1v) is 8.04. The van der Waals surface area contributed by atoms with Crippen molar-refractivity contribution in [2.75, 3.05) is 4.72 Å². The van der Waals surface area contributed by atoms with E-state index in [0.717, 1.165) is 12.1 Å². The molecule has 10 heteroatoms. The minimum Gasteiger partial charge on any atom is -0.274 e. The molecule has 120 valence electrons. The molecule has 0 aliphatic heterocycles. The molecular weight excluding hydrogens is 323 g/mol. The van der Waals surface area contributed by atoms with Crippen LogP contribution in [0.3, 0.4) is 0 Å². The van der Waals surface area contributed by atoms with Crippen molar-refractivity contribution in [3.63, 3.8) is 0 Å². The van der Waals surface area contributed by atoms with Crippen LogP contribution in [0.4, 0.5) is 10.1 Å². The highest BCUT2D eigenvalue weighted by molar-refractivity contribution is 7.92. The zero-order valence-electron chi connectivity index (χ0n) is 12.3. The normalized spacial score (nSPS) is 11.6. The Morgan fingerprint density at radius 3 is 2.35 bits per heavy atom. The van der Waals surface area contributed by atoms with Crippen LogP contribution in [0.2, 0.25) is 0 Å². The molecule has 0 bridgehead atoms. The summed E-state index contributed by atoms with van der Waals surface area (Å²) < 4.78 is 43.5. The lowest BCUT2D eigenvalue weighted by atomic mass is 10.4. The monoisotopic (exact) mass is 336 g/mol. The molecule has 0 unspecified atom stereocenters. The molecule has 0 fully saturated rings. The molecule has 0 atom stereocenters. The molecule has 0 spiro atoms. The molecule has 2 heterocycles. The van der Waals surface area contributed by atoms with Gasteiger partial charge in [-0.2, -0.15) is 5.10 Å². The third kappa shape index (κ3) is 2.80. The van der Waals surface area contributed by atoms with Gasteiger partial charge in [-0.15, -0.1) is 10.2 Å². The molecule has 0 aliphatic rings. The van der Waals surface area contributed by atoms with Crippen LogP contribution in [0, 0.1) is 12.7 Å². The number of nitrogens with one attached hydrogen (secondary N) is 1. The number of halogens is 1. The molecule has 0 saturated heterocycles. The summed E-state index contributed by atoms with van der Waals surface area (Å²) in [6.07, 6.45) is 2.83. The molecule has 3 rings (SSSR count). The Balaban J connectivity index is 2.04. The Morgan fingerprint density at radius 1 is 1.13 bits per heavy atom. The zero-order valence-corrected chi connectivity index (χ0v) is 13.1. The highest BCUT2D eigenvalue weighted by atomic mass is 32.2. The number of nitrogens with zero attached hydrogens (tertiary/aromatic N) is 5. The van der Waals surface area contributed by atoms with Crippen LogP contribution in [0.5, 0.6) is 0 Å². The predicted octanol–water partition coefficient (Wildman–Crippen LogP) is 1.25. The van der Waals surface area contributed by atoms with Crippen LogP contribution >= 0.6 is 0 Å². The van der Waals surface area contributed by atoms with Gasteiger partial charge in [0.15, 0.2) is 5.82 Å². The van der Waals surface area contributed by atoms with Gasteiger partial charge in [0.2, 0.25) is 0 Å². The van der Waals surface area contributed by atoms with Crippen LogP contribution in [0.15, 0.2) is 41.8 Å². The van der Waals surface area contributed by atoms with Gasteiger partial charge in [0.25, 0.3) is 10.0 Å². The average molecular weight is 336 g/mol. The largest absolute Gasteiger partial charge is 0.274 e. The summed E-state index contributed by atoms with van der Waals surface area (Å²) in [7, 11) is -2.18. The minimum absolute atomic E-state index is 0.0446. The number of sulfonamides is 1. The second-order valence-corrected chi connectivity index (χ2v) is 6.52. The molecule has 1 aromatic carbocycles. The number of hydrogen-bond donors (Lipinski definition) is 1. The number of aromatic nitrogens is 5. The maximum absolute atomic E-state index is 13.0. The Morgan fingerprint density at radius 2 is 1.74 bits per heavy atom. The van der Waals surface area contributed by atoms with Gasteiger partial charge in [-0.3, -0.25) is 14.0 Å². The van der Waals surface area contributed by atoms with Gasteiger partial charge in [0.05, 0.1) is 10.6 Å². The van der Waals surface area contributed by atoms with Crippen LogP contribution < -0.4 is 4.72 Å². The van der Waals surface area contributed by atoms with E-state index in [-0.39, 0.29) is 4.90 Å². The summed E-state index contributed by atoms with van der Waals surface area (Å²) >= 11 is 0. The summed E-state index contributed by atoms with van der Waals surface area (Å²) in [6, 6.07) is 4.57. The van der Waals surface area contributed by atoms with E-state index in [1.165, 1.54) is 34.0 Å². The summed E-state index contributed by atoms with van der Waals surface area (Å²) in [4.78, 5) is -0.0446. The van der Waals surface area contributed by atoms with E-state index in [4.69, 9.17) is 0 Å². The Bertz CT molecular complexity index is 932. The van der Waals surface area contributed by atoms with Crippen LogP contribution in [-0.4, -0.2) is 33.0 Å². The smallest absolute Gasteiger partial charge is 0.262 e. The average Bonchev–Trinajstić information content (AvgIpc) is 3.12. The van der Waals surface area contributed by atoms with Crippen molar-refractivity contribution in [1.82, 2.24) is 24.5 Å². The molecule has 8 nitrogen and oxygen atoms in total. The lowest BCUT2D eigenvalue weighted by Crippen LogP contribution is -2.14. The van der Waals surface area contributed by atoms with E-state index < -0.39 is 15.8 Å². The van der Waals surface area contributed by atoms with Gasteiger partial charge >= 0.3 is 0 Å². The molecular formula is C13H13FN6O2S. The van der Waals surface area contributed by atoms with Crippen molar-refractivity contribution >= 4 is 15.7 Å². The van der Waals surface area contributed by atoms with Crippen LogP contribution in [-0.2, 0) is 17.1 Å². The lowest BCUT2D eigenvalue weighted by Gasteiger charge is -2.09. The molecule has 0 amide bonds. The fraction of sp³-hybridized carbons (Fsp3) is 0.154. The fourth-order valence-corrected chi connectivity index (χ4v) is 3.13. The fourth-order valence-electron chi connectivity index (χ4n) is 2.01. The predicted molar refractivity (Wildman–Crippen MR) is 80.1 cm³/mol. The van der Waals surface area contributed by atoms with Crippen LogP contribution in [0.25, 0.3) is 5.82 Å². The van der Waals surface area contributed by atoms with Gasteiger partial charge < -0.3 is 0 Å². The third-order valence-electron chi connectivity index (χ3n) is 3.34. The maximum atomic E-state index is 13.0. The first-order chi connectivity index (χ1) is 10.9. The molecule has 0 aliphatic carbocycles. The number of benzene rings is 1. The first-order valence-electron chi connectivity index (χ1n) is 6.55. The molecule has 1 N–H and O–H groups in total. The minimum atomic E-state index is -3.88. The summed E-state index contributed by atoms with van der Waals surface area (Å²) in [5.41, 5.74) is 0.913. The second kappa shape index (κ2) is 5.47. The Hall–Kier alpha value is -2.75. The standard InChI is InChI=1S/C13H13FN6O2S/c1-9-12(13(17-19(9)2)20-7-15-16-8-20)18-23(21,22)11-5-3-10(14)4-6-11/h3-8,18H,1-2H3. The number of rotatable bonds is 4. The van der Waals surface area contributed by atoms with E-state index in [1.54, 1.807) is 14.0 Å². The summed E-state index contributed by atoms with van der Waals surface area (Å²) in [6.45, 7) is 1.73. The zero-order chi connectivity index (χ0) is 16.6. The first kappa shape index (κ1) is 15.2. The molecule has 23 heavy (non-hydrogen) atoms. The van der Waals surface area contributed by atoms with Crippen molar-refractivity contribution < 1.29 is 12.8 Å². The van der Waals surface area contributed by atoms with Crippen molar-refractivity contribution in [3.05, 3.63) is 48.4 Å². The van der Waals surface area contributed by atoms with Gasteiger partial charge in [-0.05, 0) is 31.2 Å². The van der Waals surface area contributed by atoms with E-state index >= 15 is 0 Å². The van der Waals surface area contributed by atoms with Crippen molar-refractivity contribution in [1.29, 1.82) is 0 Å². The van der Waals surface area contributed by atoms with Gasteiger partial charge in [0, 0.05) is 7.05 Å². The molecule has 0 saturated carbocycles. The topological polar surface area (TPSA) is 94.7 Å². The molecule has 3 aromatic rings. The maximum Gasteiger partial charge on any atom is 0.262 e. The van der Waals surface area contributed by atoms with Crippen molar-refractivity contribution in [2.45, 2.75) is 11.8 Å². The van der Waals surface area contributed by atoms with E-state index in [0.29, 0.717) is 17.2 Å². The Kier molecular flexibility index (Phi) is 3.60. The summed E-state index contributed by atoms with van der Waals surface area (Å²) in [5.74, 6) is -0.160. The lowest BCUT2D eigenvalue weighted by molar-refractivity contribution is 0.599. The second-order valence-electron chi connectivity index (χ2n) is 4.84. The van der Waals surface area contributed by atoms with E-state index in [9.17, 15) is 12.8 Å².